The van der Waals surface area contributed by atoms with Crippen LogP contribution >= 0.6 is 35.0 Å². The molecule has 1 aliphatic heterocycles. The summed E-state index contributed by atoms with van der Waals surface area (Å²) in [7, 11) is 0. The standard InChI is InChI=1S/C24H26Cl2N2O2S/c1-23(2,3)15-9-13(10-16(20(15)29)24(4,5)6)11-19-21(30)28-22(31-19)27-14-7-8-17(25)18(26)12-14/h7-12,29H,1-6H3,(H,27,28,30)/b19-11+. The lowest BCUT2D eigenvalue weighted by Crippen LogP contribution is -2.19. The number of nitrogens with zero attached hydrogens (tertiary/aromatic N) is 1. The molecule has 1 aliphatic rings. The third kappa shape index (κ3) is 5.46. The summed E-state index contributed by atoms with van der Waals surface area (Å²) >= 11 is 13.3. The Kier molecular flexibility index (Phi) is 6.52. The lowest BCUT2D eigenvalue weighted by atomic mass is 9.78. The first-order chi connectivity index (χ1) is 14.3. The van der Waals surface area contributed by atoms with E-state index in [9.17, 15) is 9.90 Å². The van der Waals surface area contributed by atoms with Gasteiger partial charge in [0.1, 0.15) is 5.75 Å². The molecule has 1 fully saturated rings. The number of phenols is 1. The Morgan fingerprint density at radius 1 is 0.968 bits per heavy atom. The largest absolute Gasteiger partial charge is 0.507 e. The predicted molar refractivity (Wildman–Crippen MR) is 133 cm³/mol. The van der Waals surface area contributed by atoms with Gasteiger partial charge in [0.2, 0.25) is 0 Å². The van der Waals surface area contributed by atoms with E-state index in [0.29, 0.717) is 31.6 Å². The molecule has 0 spiro atoms. The number of thioether (sulfide) groups is 1. The first-order valence-corrected chi connectivity index (χ1v) is 11.5. The third-order valence-corrected chi connectivity index (χ3v) is 6.48. The van der Waals surface area contributed by atoms with E-state index in [0.717, 1.165) is 16.7 Å². The average Bonchev–Trinajstić information content (AvgIpc) is 2.96. The summed E-state index contributed by atoms with van der Waals surface area (Å²) in [6.45, 7) is 12.4. The molecule has 0 aliphatic carbocycles. The number of phenolic OH excluding ortho intramolecular Hbond substituents is 1. The van der Waals surface area contributed by atoms with Gasteiger partial charge in [-0.15, -0.1) is 0 Å². The molecule has 2 N–H and O–H groups in total. The molecule has 164 valence electrons. The second-order valence-corrected chi connectivity index (χ2v) is 11.4. The lowest BCUT2D eigenvalue weighted by Gasteiger charge is -2.28. The minimum atomic E-state index is -0.246. The quantitative estimate of drug-likeness (QED) is 0.450. The maximum atomic E-state index is 12.6. The number of aliphatic imine (C=N–C) groups is 1. The molecule has 0 radical (unpaired) electrons. The second kappa shape index (κ2) is 8.53. The molecule has 2 aromatic rings. The molecule has 7 heteroatoms. The molecule has 1 heterocycles. The van der Waals surface area contributed by atoms with E-state index in [4.69, 9.17) is 23.2 Å². The van der Waals surface area contributed by atoms with Crippen molar-refractivity contribution in [3.8, 4) is 5.75 Å². The number of hydrogen-bond acceptors (Lipinski definition) is 4. The van der Waals surface area contributed by atoms with Crippen molar-refractivity contribution in [3.63, 3.8) is 0 Å². The van der Waals surface area contributed by atoms with Gasteiger partial charge in [0, 0.05) is 11.1 Å². The van der Waals surface area contributed by atoms with Gasteiger partial charge in [-0.2, -0.15) is 0 Å². The number of hydrogen-bond donors (Lipinski definition) is 2. The van der Waals surface area contributed by atoms with Crippen molar-refractivity contribution in [2.24, 2.45) is 4.99 Å². The number of amidine groups is 1. The molecule has 1 saturated heterocycles. The summed E-state index contributed by atoms with van der Waals surface area (Å²) < 4.78 is 0. The minimum Gasteiger partial charge on any atom is -0.507 e. The van der Waals surface area contributed by atoms with Crippen molar-refractivity contribution in [1.82, 2.24) is 5.32 Å². The highest BCUT2D eigenvalue weighted by Gasteiger charge is 2.28. The Balaban J connectivity index is 2.00. The van der Waals surface area contributed by atoms with Gasteiger partial charge in [0.05, 0.1) is 20.6 Å². The van der Waals surface area contributed by atoms with Gasteiger partial charge in [0.15, 0.2) is 5.17 Å². The monoisotopic (exact) mass is 476 g/mol. The van der Waals surface area contributed by atoms with Gasteiger partial charge in [-0.25, -0.2) is 4.99 Å². The maximum absolute atomic E-state index is 12.6. The number of nitrogens with one attached hydrogen (secondary N) is 1. The fourth-order valence-electron chi connectivity index (χ4n) is 3.19. The normalized spacial score (nSPS) is 17.5. The molecular formula is C24H26Cl2N2O2S. The Bertz CT molecular complexity index is 1070. The predicted octanol–water partition coefficient (Wildman–Crippen LogP) is 7.19. The number of aromatic hydroxyl groups is 1. The zero-order chi connectivity index (χ0) is 23.1. The number of halogens is 2. The lowest BCUT2D eigenvalue weighted by molar-refractivity contribution is -0.115. The van der Waals surface area contributed by atoms with E-state index < -0.39 is 0 Å². The Hall–Kier alpha value is -1.95. The van der Waals surface area contributed by atoms with Crippen LogP contribution in [0.3, 0.4) is 0 Å². The Morgan fingerprint density at radius 2 is 1.55 bits per heavy atom. The number of carbonyl (C=O) groups excluding carboxylic acids is 1. The van der Waals surface area contributed by atoms with E-state index in [1.165, 1.54) is 11.8 Å². The molecule has 3 rings (SSSR count). The Labute approximate surface area is 197 Å². The van der Waals surface area contributed by atoms with Crippen molar-refractivity contribution in [2.45, 2.75) is 52.4 Å². The van der Waals surface area contributed by atoms with Gasteiger partial charge in [-0.1, -0.05) is 64.7 Å². The van der Waals surface area contributed by atoms with E-state index in [1.807, 2.05) is 18.2 Å². The fourth-order valence-corrected chi connectivity index (χ4v) is 4.32. The molecular weight excluding hydrogens is 451 g/mol. The molecule has 0 saturated carbocycles. The second-order valence-electron chi connectivity index (χ2n) is 9.54. The number of benzene rings is 2. The van der Waals surface area contributed by atoms with Crippen LogP contribution in [0.2, 0.25) is 10.0 Å². The summed E-state index contributed by atoms with van der Waals surface area (Å²) in [5.41, 5.74) is 2.67. The first kappa shape index (κ1) is 23.7. The highest BCUT2D eigenvalue weighted by Crippen LogP contribution is 2.41. The van der Waals surface area contributed by atoms with Crippen LogP contribution < -0.4 is 5.32 Å². The fraction of sp³-hybridized carbons (Fsp3) is 0.333. The zero-order valence-electron chi connectivity index (χ0n) is 18.4. The van der Waals surface area contributed by atoms with E-state index in [1.54, 1.807) is 18.2 Å². The molecule has 2 aromatic carbocycles. The van der Waals surface area contributed by atoms with Crippen LogP contribution in [0.4, 0.5) is 5.69 Å². The van der Waals surface area contributed by atoms with Crippen molar-refractivity contribution >= 4 is 57.8 Å². The zero-order valence-corrected chi connectivity index (χ0v) is 20.8. The summed E-state index contributed by atoms with van der Waals surface area (Å²) in [6, 6.07) is 8.94. The SMILES string of the molecule is CC(C)(C)c1cc(/C=C2/SC(=Nc3ccc(Cl)c(Cl)c3)NC2=O)cc(C(C)(C)C)c1O. The van der Waals surface area contributed by atoms with Gasteiger partial charge in [-0.3, -0.25) is 4.79 Å². The van der Waals surface area contributed by atoms with Crippen molar-refractivity contribution < 1.29 is 9.90 Å². The van der Waals surface area contributed by atoms with Gasteiger partial charge in [-0.05, 0) is 64.6 Å². The van der Waals surface area contributed by atoms with Gasteiger partial charge >= 0.3 is 0 Å². The highest BCUT2D eigenvalue weighted by atomic mass is 35.5. The van der Waals surface area contributed by atoms with E-state index >= 15 is 0 Å². The summed E-state index contributed by atoms with van der Waals surface area (Å²) in [5.74, 6) is 0.0963. The molecule has 31 heavy (non-hydrogen) atoms. The van der Waals surface area contributed by atoms with E-state index in [-0.39, 0.29) is 16.7 Å². The molecule has 0 aromatic heterocycles. The topological polar surface area (TPSA) is 61.7 Å². The van der Waals surface area contributed by atoms with Crippen LogP contribution in [0.15, 0.2) is 40.2 Å². The third-order valence-electron chi connectivity index (χ3n) is 4.83. The van der Waals surface area contributed by atoms with Crippen molar-refractivity contribution in [3.05, 3.63) is 62.0 Å². The van der Waals surface area contributed by atoms with Crippen LogP contribution in [0.1, 0.15) is 58.2 Å². The molecule has 0 atom stereocenters. The van der Waals surface area contributed by atoms with Crippen molar-refractivity contribution in [2.75, 3.05) is 0 Å². The number of carbonyl (C=O) groups is 1. The van der Waals surface area contributed by atoms with Crippen LogP contribution in [-0.2, 0) is 15.6 Å². The van der Waals surface area contributed by atoms with Gasteiger partial charge in [0.25, 0.3) is 5.91 Å². The smallest absolute Gasteiger partial charge is 0.264 e. The van der Waals surface area contributed by atoms with Crippen LogP contribution in [0, 0.1) is 0 Å². The van der Waals surface area contributed by atoms with Crippen LogP contribution in [-0.4, -0.2) is 16.2 Å². The first-order valence-electron chi connectivity index (χ1n) is 9.88. The molecule has 4 nitrogen and oxygen atoms in total. The highest BCUT2D eigenvalue weighted by molar-refractivity contribution is 8.18. The van der Waals surface area contributed by atoms with Crippen LogP contribution in [0.25, 0.3) is 6.08 Å². The average molecular weight is 477 g/mol. The van der Waals surface area contributed by atoms with E-state index in [2.05, 4.69) is 51.9 Å². The number of amides is 1. The minimum absolute atomic E-state index is 0.216. The number of rotatable bonds is 2. The molecule has 0 bridgehead atoms. The summed E-state index contributed by atoms with van der Waals surface area (Å²) in [6.07, 6.45) is 1.83. The maximum Gasteiger partial charge on any atom is 0.264 e. The summed E-state index contributed by atoms with van der Waals surface area (Å²) in [5, 5.41) is 15.0. The molecule has 0 unspecified atom stereocenters. The van der Waals surface area contributed by atoms with Crippen molar-refractivity contribution in [1.29, 1.82) is 0 Å². The summed E-state index contributed by atoms with van der Waals surface area (Å²) in [4.78, 5) is 17.5. The molecule has 1 amide bonds. The Morgan fingerprint density at radius 3 is 2.06 bits per heavy atom. The van der Waals surface area contributed by atoms with Gasteiger partial charge < -0.3 is 10.4 Å². The van der Waals surface area contributed by atoms with Crippen LogP contribution in [0.5, 0.6) is 5.75 Å².